The minimum absolute atomic E-state index is 0.00882. The number of nitrogens with zero attached hydrogens (tertiary/aromatic N) is 1. The van der Waals surface area contributed by atoms with Gasteiger partial charge in [-0.2, -0.15) is 0 Å². The Labute approximate surface area is 74.3 Å². The van der Waals surface area contributed by atoms with Gasteiger partial charge in [0.25, 0.3) is 0 Å². The van der Waals surface area contributed by atoms with Crippen molar-refractivity contribution < 1.29 is 9.84 Å². The summed E-state index contributed by atoms with van der Waals surface area (Å²) in [6, 6.07) is 0. The van der Waals surface area contributed by atoms with Gasteiger partial charge in [0, 0.05) is 26.7 Å². The third kappa shape index (κ3) is 2.44. The van der Waals surface area contributed by atoms with E-state index in [1.165, 1.54) is 0 Å². The molecule has 0 radical (unpaired) electrons. The van der Waals surface area contributed by atoms with Gasteiger partial charge in [-0.15, -0.1) is 0 Å². The Morgan fingerprint density at radius 3 is 2.75 bits per heavy atom. The molecule has 1 rings (SSSR count). The molecule has 0 aromatic carbocycles. The first kappa shape index (κ1) is 9.96. The van der Waals surface area contributed by atoms with Crippen LogP contribution in [0.15, 0.2) is 0 Å². The first-order chi connectivity index (χ1) is 5.56. The van der Waals surface area contributed by atoms with Gasteiger partial charge in [0.15, 0.2) is 0 Å². The highest BCUT2D eigenvalue weighted by molar-refractivity contribution is 4.87. The lowest BCUT2D eigenvalue weighted by molar-refractivity contribution is 0.0116. The fourth-order valence-electron chi connectivity index (χ4n) is 1.72. The van der Waals surface area contributed by atoms with Crippen molar-refractivity contribution in [2.24, 2.45) is 0 Å². The second-order valence-electron chi connectivity index (χ2n) is 3.99. The summed E-state index contributed by atoms with van der Waals surface area (Å²) in [6.45, 7) is 6.68. The van der Waals surface area contributed by atoms with Crippen molar-refractivity contribution in [2.75, 3.05) is 26.7 Å². The molecule has 1 saturated heterocycles. The summed E-state index contributed by atoms with van der Waals surface area (Å²) in [5.41, 5.74) is 0.00882. The molecule has 1 unspecified atom stereocenters. The maximum atomic E-state index is 9.17. The van der Waals surface area contributed by atoms with Gasteiger partial charge < -0.3 is 9.84 Å². The van der Waals surface area contributed by atoms with Crippen molar-refractivity contribution in [1.82, 2.24) is 4.90 Å². The molecule has 1 N–H and O–H groups in total. The number of rotatable bonds is 3. The smallest absolute Gasteiger partial charge is 0.0789 e. The largest absolute Gasteiger partial charge is 0.392 e. The first-order valence-corrected chi connectivity index (χ1v) is 4.51. The summed E-state index contributed by atoms with van der Waals surface area (Å²) in [6.07, 6.45) is 0.833. The van der Waals surface area contributed by atoms with Crippen LogP contribution in [0.25, 0.3) is 0 Å². The summed E-state index contributed by atoms with van der Waals surface area (Å²) in [5.74, 6) is 0. The standard InChI is InChI=1S/C9H19NO2/c1-8(11)6-10-5-4-9(2,7-10)12-3/h8,11H,4-7H2,1-3H3/t8-,9?/m1/s1. The lowest BCUT2D eigenvalue weighted by Crippen LogP contribution is -2.35. The van der Waals surface area contributed by atoms with E-state index in [1.807, 2.05) is 6.92 Å². The van der Waals surface area contributed by atoms with Crippen LogP contribution in [0.3, 0.4) is 0 Å². The summed E-state index contributed by atoms with van der Waals surface area (Å²) in [4.78, 5) is 2.24. The molecule has 0 spiro atoms. The zero-order chi connectivity index (χ0) is 9.19. The van der Waals surface area contributed by atoms with Crippen LogP contribution in [0.4, 0.5) is 0 Å². The molecule has 0 aliphatic carbocycles. The summed E-state index contributed by atoms with van der Waals surface area (Å²) in [5, 5.41) is 9.17. The number of β-amino-alcohol motifs (C(OH)–C–C–N with tert-alkyl or cyclic N) is 1. The molecule has 0 bridgehead atoms. The quantitative estimate of drug-likeness (QED) is 0.673. The van der Waals surface area contributed by atoms with Gasteiger partial charge in [-0.1, -0.05) is 0 Å². The van der Waals surface area contributed by atoms with Crippen molar-refractivity contribution >= 4 is 0 Å². The zero-order valence-electron chi connectivity index (χ0n) is 8.21. The number of ether oxygens (including phenoxy) is 1. The fourth-order valence-corrected chi connectivity index (χ4v) is 1.72. The summed E-state index contributed by atoms with van der Waals surface area (Å²) >= 11 is 0. The molecule has 1 fully saturated rings. The van der Waals surface area contributed by atoms with E-state index in [4.69, 9.17) is 4.74 Å². The Kier molecular flexibility index (Phi) is 3.09. The minimum atomic E-state index is -0.232. The molecule has 0 amide bonds. The Bertz CT molecular complexity index is 149. The Morgan fingerprint density at radius 2 is 2.33 bits per heavy atom. The van der Waals surface area contributed by atoms with Gasteiger partial charge in [0.2, 0.25) is 0 Å². The number of aliphatic hydroxyl groups excluding tert-OH is 1. The predicted molar refractivity (Wildman–Crippen MR) is 48.2 cm³/mol. The van der Waals surface area contributed by atoms with Crippen LogP contribution < -0.4 is 0 Å². The van der Waals surface area contributed by atoms with Gasteiger partial charge in [0.05, 0.1) is 11.7 Å². The van der Waals surface area contributed by atoms with E-state index in [9.17, 15) is 5.11 Å². The summed E-state index contributed by atoms with van der Waals surface area (Å²) in [7, 11) is 1.76. The topological polar surface area (TPSA) is 32.7 Å². The van der Waals surface area contributed by atoms with Crippen LogP contribution in [-0.2, 0) is 4.74 Å². The first-order valence-electron chi connectivity index (χ1n) is 4.51. The molecule has 0 aromatic rings. The average Bonchev–Trinajstić information content (AvgIpc) is 2.32. The lowest BCUT2D eigenvalue weighted by atomic mass is 10.1. The van der Waals surface area contributed by atoms with Gasteiger partial charge in [-0.25, -0.2) is 0 Å². The minimum Gasteiger partial charge on any atom is -0.392 e. The number of hydrogen-bond donors (Lipinski definition) is 1. The van der Waals surface area contributed by atoms with Crippen LogP contribution in [0.5, 0.6) is 0 Å². The van der Waals surface area contributed by atoms with E-state index in [0.29, 0.717) is 0 Å². The number of likely N-dealkylation sites (tertiary alicyclic amines) is 1. The molecule has 0 aromatic heterocycles. The monoisotopic (exact) mass is 173 g/mol. The molecular formula is C9H19NO2. The number of methoxy groups -OCH3 is 1. The normalized spacial score (nSPS) is 34.0. The lowest BCUT2D eigenvalue weighted by Gasteiger charge is -2.23. The van der Waals surface area contributed by atoms with Gasteiger partial charge >= 0.3 is 0 Å². The molecule has 72 valence electrons. The van der Waals surface area contributed by atoms with Gasteiger partial charge in [0.1, 0.15) is 0 Å². The molecule has 2 atom stereocenters. The highest BCUT2D eigenvalue weighted by Gasteiger charge is 2.33. The molecule has 0 saturated carbocycles. The third-order valence-electron chi connectivity index (χ3n) is 2.53. The van der Waals surface area contributed by atoms with E-state index < -0.39 is 0 Å². The van der Waals surface area contributed by atoms with E-state index >= 15 is 0 Å². The maximum Gasteiger partial charge on any atom is 0.0789 e. The van der Waals surface area contributed by atoms with Crippen molar-refractivity contribution in [3.05, 3.63) is 0 Å². The molecule has 3 heteroatoms. The Hall–Kier alpha value is -0.120. The number of hydrogen-bond acceptors (Lipinski definition) is 3. The van der Waals surface area contributed by atoms with E-state index in [-0.39, 0.29) is 11.7 Å². The van der Waals surface area contributed by atoms with Crippen LogP contribution in [0, 0.1) is 0 Å². The Morgan fingerprint density at radius 1 is 1.67 bits per heavy atom. The van der Waals surface area contributed by atoms with Crippen molar-refractivity contribution in [1.29, 1.82) is 0 Å². The molecule has 12 heavy (non-hydrogen) atoms. The SMILES string of the molecule is COC1(C)CCN(C[C@@H](C)O)C1. The Balaban J connectivity index is 2.35. The predicted octanol–water partition coefficient (Wildman–Crippen LogP) is 0.478. The van der Waals surface area contributed by atoms with Gasteiger partial charge in [-0.3, -0.25) is 4.90 Å². The molecule has 1 aliphatic rings. The highest BCUT2D eigenvalue weighted by Crippen LogP contribution is 2.23. The van der Waals surface area contributed by atoms with Crippen molar-refractivity contribution in [3.63, 3.8) is 0 Å². The van der Waals surface area contributed by atoms with Crippen LogP contribution >= 0.6 is 0 Å². The summed E-state index contributed by atoms with van der Waals surface area (Å²) < 4.78 is 5.39. The van der Waals surface area contributed by atoms with E-state index in [1.54, 1.807) is 7.11 Å². The molecular weight excluding hydrogens is 154 g/mol. The van der Waals surface area contributed by atoms with Crippen molar-refractivity contribution in [2.45, 2.75) is 32.0 Å². The zero-order valence-corrected chi connectivity index (χ0v) is 8.21. The van der Waals surface area contributed by atoms with Gasteiger partial charge in [-0.05, 0) is 20.3 Å². The highest BCUT2D eigenvalue weighted by atomic mass is 16.5. The van der Waals surface area contributed by atoms with Crippen LogP contribution in [-0.4, -0.2) is 48.5 Å². The van der Waals surface area contributed by atoms with E-state index in [0.717, 1.165) is 26.1 Å². The molecule has 1 heterocycles. The average molecular weight is 173 g/mol. The van der Waals surface area contributed by atoms with Crippen LogP contribution in [0.1, 0.15) is 20.3 Å². The number of aliphatic hydroxyl groups is 1. The molecule has 3 nitrogen and oxygen atoms in total. The van der Waals surface area contributed by atoms with E-state index in [2.05, 4.69) is 11.8 Å². The van der Waals surface area contributed by atoms with Crippen LogP contribution in [0.2, 0.25) is 0 Å². The third-order valence-corrected chi connectivity index (χ3v) is 2.53. The fraction of sp³-hybridized carbons (Fsp3) is 1.00. The maximum absolute atomic E-state index is 9.17. The van der Waals surface area contributed by atoms with Crippen molar-refractivity contribution in [3.8, 4) is 0 Å². The second kappa shape index (κ2) is 3.73. The molecule has 1 aliphatic heterocycles. The second-order valence-corrected chi connectivity index (χ2v) is 3.99.